The van der Waals surface area contributed by atoms with Crippen molar-refractivity contribution in [3.63, 3.8) is 0 Å². The van der Waals surface area contributed by atoms with Crippen LogP contribution in [-0.2, 0) is 4.79 Å². The zero-order chi connectivity index (χ0) is 10.3. The Morgan fingerprint density at radius 1 is 1.64 bits per heavy atom. The molecule has 1 amide bonds. The number of nitrogens with zero attached hydrogens (tertiary/aromatic N) is 1. The third-order valence-corrected chi connectivity index (χ3v) is 2.86. The van der Waals surface area contributed by atoms with Gasteiger partial charge in [-0.3, -0.25) is 9.79 Å². The summed E-state index contributed by atoms with van der Waals surface area (Å²) in [4.78, 5) is 15.8. The zero-order valence-corrected chi connectivity index (χ0v) is 8.37. The van der Waals surface area contributed by atoms with Crippen LogP contribution in [-0.4, -0.2) is 29.3 Å². The summed E-state index contributed by atoms with van der Waals surface area (Å²) in [6.07, 6.45) is 0.992. The van der Waals surface area contributed by atoms with E-state index in [-0.39, 0.29) is 17.7 Å². The first-order chi connectivity index (χ1) is 6.61. The minimum atomic E-state index is -0.192. The van der Waals surface area contributed by atoms with Crippen LogP contribution in [0.2, 0.25) is 0 Å². The SMILES string of the molecule is C/C(O)=C1\C(=O)N[C@H]2C1=NCC[C@@H]2C. The molecule has 2 aliphatic rings. The average molecular weight is 194 g/mol. The minimum absolute atomic E-state index is 0.00773. The second kappa shape index (κ2) is 3.12. The van der Waals surface area contributed by atoms with E-state index in [1.807, 2.05) is 0 Å². The van der Waals surface area contributed by atoms with Crippen molar-refractivity contribution in [3.05, 3.63) is 11.3 Å². The number of aliphatic hydroxyl groups excluding tert-OH is 1. The molecule has 0 spiro atoms. The average Bonchev–Trinajstić information content (AvgIpc) is 2.42. The van der Waals surface area contributed by atoms with Crippen molar-refractivity contribution in [1.29, 1.82) is 0 Å². The maximum absolute atomic E-state index is 11.5. The van der Waals surface area contributed by atoms with Gasteiger partial charge in [0.15, 0.2) is 0 Å². The van der Waals surface area contributed by atoms with Crippen molar-refractivity contribution in [2.75, 3.05) is 6.54 Å². The molecule has 0 saturated carbocycles. The van der Waals surface area contributed by atoms with Gasteiger partial charge in [-0.1, -0.05) is 6.92 Å². The first kappa shape index (κ1) is 9.24. The Kier molecular flexibility index (Phi) is 2.06. The van der Waals surface area contributed by atoms with Crippen molar-refractivity contribution in [2.45, 2.75) is 26.3 Å². The number of hydrogen-bond acceptors (Lipinski definition) is 3. The highest BCUT2D eigenvalue weighted by molar-refractivity contribution is 6.29. The van der Waals surface area contributed by atoms with E-state index >= 15 is 0 Å². The molecule has 2 N–H and O–H groups in total. The van der Waals surface area contributed by atoms with Gasteiger partial charge in [-0.15, -0.1) is 0 Å². The highest BCUT2D eigenvalue weighted by Gasteiger charge is 2.39. The number of carbonyl (C=O) groups is 1. The van der Waals surface area contributed by atoms with Crippen molar-refractivity contribution in [2.24, 2.45) is 10.9 Å². The summed E-state index contributed by atoms with van der Waals surface area (Å²) < 4.78 is 0. The van der Waals surface area contributed by atoms with E-state index in [9.17, 15) is 9.90 Å². The topological polar surface area (TPSA) is 61.7 Å². The van der Waals surface area contributed by atoms with Gasteiger partial charge >= 0.3 is 0 Å². The van der Waals surface area contributed by atoms with Gasteiger partial charge in [0.05, 0.1) is 17.3 Å². The molecule has 0 aliphatic carbocycles. The molecule has 2 atom stereocenters. The number of fused-ring (bicyclic) bond motifs is 1. The lowest BCUT2D eigenvalue weighted by Crippen LogP contribution is -2.38. The molecule has 1 saturated heterocycles. The molecule has 4 nitrogen and oxygen atoms in total. The Hall–Kier alpha value is -1.32. The molecule has 76 valence electrons. The monoisotopic (exact) mass is 194 g/mol. The van der Waals surface area contributed by atoms with Crippen LogP contribution in [0.4, 0.5) is 0 Å². The molecule has 4 heteroatoms. The van der Waals surface area contributed by atoms with E-state index in [0.29, 0.717) is 11.5 Å². The minimum Gasteiger partial charge on any atom is -0.512 e. The van der Waals surface area contributed by atoms with Gasteiger partial charge in [0.1, 0.15) is 5.76 Å². The lowest BCUT2D eigenvalue weighted by Gasteiger charge is -2.23. The first-order valence-corrected chi connectivity index (χ1v) is 4.86. The third kappa shape index (κ3) is 1.22. The Bertz CT molecular complexity index is 340. The fraction of sp³-hybridized carbons (Fsp3) is 0.600. The molecular weight excluding hydrogens is 180 g/mol. The summed E-state index contributed by atoms with van der Waals surface area (Å²) in [5.41, 5.74) is 1.12. The van der Waals surface area contributed by atoms with Crippen LogP contribution in [0.5, 0.6) is 0 Å². The molecule has 0 bridgehead atoms. The molecule has 2 aliphatic heterocycles. The number of nitrogens with one attached hydrogen (secondary N) is 1. The van der Waals surface area contributed by atoms with Gasteiger partial charge < -0.3 is 10.4 Å². The van der Waals surface area contributed by atoms with Crippen molar-refractivity contribution in [3.8, 4) is 0 Å². The summed E-state index contributed by atoms with van der Waals surface area (Å²) in [6.45, 7) is 4.37. The summed E-state index contributed by atoms with van der Waals surface area (Å²) in [7, 11) is 0. The third-order valence-electron chi connectivity index (χ3n) is 2.86. The number of aliphatic imine (C=N–C) groups is 1. The van der Waals surface area contributed by atoms with E-state index in [1.165, 1.54) is 6.92 Å². The Morgan fingerprint density at radius 3 is 3.00 bits per heavy atom. The van der Waals surface area contributed by atoms with Gasteiger partial charge in [-0.2, -0.15) is 0 Å². The largest absolute Gasteiger partial charge is 0.512 e. The number of carbonyl (C=O) groups excluding carboxylic acids is 1. The number of aliphatic hydroxyl groups is 1. The number of amides is 1. The summed E-state index contributed by atoms with van der Waals surface area (Å²) in [5, 5.41) is 12.2. The molecule has 14 heavy (non-hydrogen) atoms. The lowest BCUT2D eigenvalue weighted by atomic mass is 9.91. The van der Waals surface area contributed by atoms with Crippen molar-refractivity contribution >= 4 is 11.6 Å². The zero-order valence-electron chi connectivity index (χ0n) is 8.37. The summed E-state index contributed by atoms with van der Waals surface area (Å²) >= 11 is 0. The summed E-state index contributed by atoms with van der Waals surface area (Å²) in [5.74, 6) is 0.281. The van der Waals surface area contributed by atoms with Crippen LogP contribution in [0.25, 0.3) is 0 Å². The lowest BCUT2D eigenvalue weighted by molar-refractivity contribution is -0.116. The number of allylic oxidation sites excluding steroid dienone is 1. The van der Waals surface area contributed by atoms with E-state index in [1.54, 1.807) is 0 Å². The van der Waals surface area contributed by atoms with Crippen LogP contribution in [0.1, 0.15) is 20.3 Å². The highest BCUT2D eigenvalue weighted by atomic mass is 16.3. The quantitative estimate of drug-likeness (QED) is 0.442. The molecule has 0 aromatic carbocycles. The Labute approximate surface area is 82.7 Å². The maximum Gasteiger partial charge on any atom is 0.257 e. The molecule has 0 aromatic heterocycles. The fourth-order valence-corrected chi connectivity index (χ4v) is 2.05. The molecular formula is C10H14N2O2. The molecule has 0 aromatic rings. The van der Waals surface area contributed by atoms with Gasteiger partial charge in [0, 0.05) is 6.54 Å². The highest BCUT2D eigenvalue weighted by Crippen LogP contribution is 2.25. The Morgan fingerprint density at radius 2 is 2.36 bits per heavy atom. The number of rotatable bonds is 0. The van der Waals surface area contributed by atoms with Crippen LogP contribution < -0.4 is 5.32 Å². The fourth-order valence-electron chi connectivity index (χ4n) is 2.05. The normalized spacial score (nSPS) is 34.7. The van der Waals surface area contributed by atoms with Crippen molar-refractivity contribution < 1.29 is 9.90 Å². The molecule has 2 rings (SSSR count). The van der Waals surface area contributed by atoms with Crippen LogP contribution in [0.3, 0.4) is 0 Å². The van der Waals surface area contributed by atoms with Gasteiger partial charge in [0.25, 0.3) is 5.91 Å². The van der Waals surface area contributed by atoms with Gasteiger partial charge in [0.2, 0.25) is 0 Å². The van der Waals surface area contributed by atoms with E-state index in [0.717, 1.165) is 18.7 Å². The van der Waals surface area contributed by atoms with Gasteiger partial charge in [-0.05, 0) is 19.3 Å². The predicted octanol–water partition coefficient (Wildman–Crippen LogP) is 0.798. The Balaban J connectivity index is 2.44. The first-order valence-electron chi connectivity index (χ1n) is 4.86. The predicted molar refractivity (Wildman–Crippen MR) is 53.3 cm³/mol. The molecule has 0 unspecified atom stereocenters. The second-order valence-corrected chi connectivity index (χ2v) is 3.94. The standard InChI is InChI=1S/C10H14N2O2/c1-5-3-4-11-9-7(6(2)13)10(14)12-8(5)9/h5,8,13H,3-4H2,1-2H3,(H,12,14)/b7-6+/t5-,8+/m0/s1. The molecule has 0 radical (unpaired) electrons. The maximum atomic E-state index is 11.5. The number of hydrogen-bond donors (Lipinski definition) is 2. The van der Waals surface area contributed by atoms with E-state index in [2.05, 4.69) is 17.2 Å². The van der Waals surface area contributed by atoms with Crippen LogP contribution in [0.15, 0.2) is 16.3 Å². The van der Waals surface area contributed by atoms with Crippen molar-refractivity contribution in [1.82, 2.24) is 5.32 Å². The van der Waals surface area contributed by atoms with Crippen LogP contribution in [0, 0.1) is 5.92 Å². The molecule has 2 heterocycles. The molecule has 1 fully saturated rings. The second-order valence-electron chi connectivity index (χ2n) is 3.94. The van der Waals surface area contributed by atoms with Gasteiger partial charge in [-0.25, -0.2) is 0 Å². The smallest absolute Gasteiger partial charge is 0.257 e. The van der Waals surface area contributed by atoms with Crippen LogP contribution >= 0.6 is 0 Å². The van der Waals surface area contributed by atoms with E-state index in [4.69, 9.17) is 0 Å². The summed E-state index contributed by atoms with van der Waals surface area (Å²) in [6, 6.07) is 0.00773. The van der Waals surface area contributed by atoms with E-state index < -0.39 is 0 Å².